The lowest BCUT2D eigenvalue weighted by molar-refractivity contribution is 0.415. The van der Waals surface area contributed by atoms with Gasteiger partial charge in [0.25, 0.3) is 10.0 Å². The highest BCUT2D eigenvalue weighted by molar-refractivity contribution is 7.92. The first-order valence-electron chi connectivity index (χ1n) is 9.64. The van der Waals surface area contributed by atoms with Gasteiger partial charge in [0.05, 0.1) is 23.0 Å². The maximum Gasteiger partial charge on any atom is 0.263 e. The van der Waals surface area contributed by atoms with E-state index in [0.29, 0.717) is 33.9 Å². The van der Waals surface area contributed by atoms with Gasteiger partial charge in [0, 0.05) is 11.8 Å². The van der Waals surface area contributed by atoms with Crippen LogP contribution in [-0.2, 0) is 10.0 Å². The van der Waals surface area contributed by atoms with Crippen molar-refractivity contribution in [3.8, 4) is 5.75 Å². The number of aryl methyl sites for hydroxylation is 2. The van der Waals surface area contributed by atoms with Crippen molar-refractivity contribution in [1.29, 1.82) is 0 Å². The van der Waals surface area contributed by atoms with Crippen LogP contribution in [0.3, 0.4) is 0 Å². The third kappa shape index (κ3) is 4.44. The van der Waals surface area contributed by atoms with Crippen molar-refractivity contribution in [3.63, 3.8) is 0 Å². The molecule has 0 amide bonds. The molecule has 0 bridgehead atoms. The lowest BCUT2D eigenvalue weighted by atomic mass is 10.2. The fraction of sp³-hybridized carbons (Fsp3) is 0.130. The summed E-state index contributed by atoms with van der Waals surface area (Å²) in [6.07, 6.45) is 0. The van der Waals surface area contributed by atoms with Gasteiger partial charge in [-0.25, -0.2) is 18.4 Å². The highest BCUT2D eigenvalue weighted by Gasteiger charge is 2.21. The number of aromatic nitrogens is 2. The second-order valence-electron chi connectivity index (χ2n) is 7.14. The van der Waals surface area contributed by atoms with E-state index in [2.05, 4.69) is 20.0 Å². The zero-order valence-electron chi connectivity index (χ0n) is 17.4. The molecule has 3 aromatic carbocycles. The molecule has 1 aromatic heterocycles. The molecule has 0 radical (unpaired) electrons. The molecule has 0 spiro atoms. The summed E-state index contributed by atoms with van der Waals surface area (Å²) in [6, 6.07) is 19.9. The van der Waals surface area contributed by atoms with Gasteiger partial charge in [-0.15, -0.1) is 0 Å². The molecule has 4 aromatic rings. The molecule has 1 heterocycles. The topological polar surface area (TPSA) is 93.2 Å². The predicted octanol–water partition coefficient (Wildman–Crippen LogP) is 4.80. The number of benzene rings is 3. The van der Waals surface area contributed by atoms with Gasteiger partial charge in [-0.1, -0.05) is 30.3 Å². The summed E-state index contributed by atoms with van der Waals surface area (Å²) in [7, 11) is -2.30. The average molecular weight is 435 g/mol. The summed E-state index contributed by atoms with van der Waals surface area (Å²) < 4.78 is 34.3. The number of ether oxygens (including phenoxy) is 1. The minimum Gasteiger partial charge on any atom is -0.497 e. The number of hydrogen-bond acceptors (Lipinski definition) is 6. The van der Waals surface area contributed by atoms with Gasteiger partial charge in [0.1, 0.15) is 5.75 Å². The normalized spacial score (nSPS) is 11.3. The quantitative estimate of drug-likeness (QED) is 0.453. The first-order valence-corrected chi connectivity index (χ1v) is 11.1. The van der Waals surface area contributed by atoms with Crippen molar-refractivity contribution in [2.75, 3.05) is 17.1 Å². The molecule has 0 atom stereocenters. The molecule has 0 saturated heterocycles. The number of nitrogens with one attached hydrogen (secondary N) is 2. The lowest BCUT2D eigenvalue weighted by Crippen LogP contribution is -2.17. The summed E-state index contributed by atoms with van der Waals surface area (Å²) in [4.78, 5) is 9.34. The van der Waals surface area contributed by atoms with Crippen molar-refractivity contribution < 1.29 is 13.2 Å². The average Bonchev–Trinajstić information content (AvgIpc) is 2.75. The van der Waals surface area contributed by atoms with Crippen LogP contribution < -0.4 is 14.8 Å². The Morgan fingerprint density at radius 3 is 2.26 bits per heavy atom. The van der Waals surface area contributed by atoms with E-state index in [0.717, 1.165) is 5.56 Å². The predicted molar refractivity (Wildman–Crippen MR) is 123 cm³/mol. The maximum absolute atomic E-state index is 13.2. The molecular weight excluding hydrogens is 412 g/mol. The number of nitrogens with zero attached hydrogens (tertiary/aromatic N) is 2. The summed E-state index contributed by atoms with van der Waals surface area (Å²) in [5.41, 5.74) is 3.41. The Hall–Kier alpha value is -3.65. The van der Waals surface area contributed by atoms with E-state index < -0.39 is 10.0 Å². The molecule has 2 N–H and O–H groups in total. The smallest absolute Gasteiger partial charge is 0.263 e. The Morgan fingerprint density at radius 1 is 0.839 bits per heavy atom. The molecule has 0 unspecified atom stereocenters. The summed E-state index contributed by atoms with van der Waals surface area (Å²) in [6.45, 7) is 3.61. The lowest BCUT2D eigenvalue weighted by Gasteiger charge is -2.15. The van der Waals surface area contributed by atoms with Gasteiger partial charge in [-0.2, -0.15) is 0 Å². The maximum atomic E-state index is 13.2. The largest absolute Gasteiger partial charge is 0.497 e. The zero-order valence-corrected chi connectivity index (χ0v) is 18.2. The third-order valence-electron chi connectivity index (χ3n) is 4.77. The van der Waals surface area contributed by atoms with Crippen LogP contribution in [0.5, 0.6) is 5.75 Å². The van der Waals surface area contributed by atoms with E-state index in [1.807, 2.05) is 49.4 Å². The highest BCUT2D eigenvalue weighted by Crippen LogP contribution is 2.29. The van der Waals surface area contributed by atoms with E-state index >= 15 is 0 Å². The SMILES string of the molecule is COc1cccc(Nc2nc3ccccc3nc2NS(=O)(=O)c2cc(C)ccc2C)c1. The number of rotatable bonds is 6. The van der Waals surface area contributed by atoms with E-state index in [-0.39, 0.29) is 10.7 Å². The number of para-hydroxylation sites is 2. The summed E-state index contributed by atoms with van der Waals surface area (Å²) >= 11 is 0. The van der Waals surface area contributed by atoms with Crippen LogP contribution in [0.1, 0.15) is 11.1 Å². The van der Waals surface area contributed by atoms with E-state index in [9.17, 15) is 8.42 Å². The van der Waals surface area contributed by atoms with Crippen LogP contribution in [0.15, 0.2) is 71.6 Å². The monoisotopic (exact) mass is 434 g/mol. The zero-order chi connectivity index (χ0) is 22.0. The number of anilines is 3. The van der Waals surface area contributed by atoms with E-state index in [4.69, 9.17) is 4.74 Å². The molecule has 0 aliphatic heterocycles. The summed E-state index contributed by atoms with van der Waals surface area (Å²) in [5, 5.41) is 3.16. The molecule has 0 saturated carbocycles. The van der Waals surface area contributed by atoms with Gasteiger partial charge < -0.3 is 10.1 Å². The fourth-order valence-corrected chi connectivity index (χ4v) is 4.51. The Bertz CT molecular complexity index is 1370. The molecule has 0 aliphatic carbocycles. The Labute approximate surface area is 181 Å². The molecule has 7 nitrogen and oxygen atoms in total. The molecule has 0 aliphatic rings. The van der Waals surface area contributed by atoms with E-state index in [1.54, 1.807) is 38.3 Å². The van der Waals surface area contributed by atoms with Gasteiger partial charge in [-0.3, -0.25) is 4.72 Å². The molecule has 158 valence electrons. The Balaban J connectivity index is 1.80. The van der Waals surface area contributed by atoms with Crippen LogP contribution in [0.25, 0.3) is 11.0 Å². The summed E-state index contributed by atoms with van der Waals surface area (Å²) in [5.74, 6) is 1.07. The fourth-order valence-electron chi connectivity index (χ4n) is 3.17. The first-order chi connectivity index (χ1) is 14.9. The minimum absolute atomic E-state index is 0.113. The number of fused-ring (bicyclic) bond motifs is 1. The van der Waals surface area contributed by atoms with Crippen LogP contribution in [0.2, 0.25) is 0 Å². The van der Waals surface area contributed by atoms with Crippen LogP contribution in [0.4, 0.5) is 17.3 Å². The number of methoxy groups -OCH3 is 1. The van der Waals surface area contributed by atoms with Crippen LogP contribution in [0, 0.1) is 13.8 Å². The highest BCUT2D eigenvalue weighted by atomic mass is 32.2. The standard InChI is InChI=1S/C23H22N4O3S/c1-15-11-12-16(2)21(13-15)31(28,29)27-23-22(24-17-7-6-8-18(14-17)30-3)25-19-9-4-5-10-20(19)26-23/h4-14H,1-3H3,(H,24,25)(H,26,27). The Morgan fingerprint density at radius 2 is 1.55 bits per heavy atom. The molecule has 8 heteroatoms. The van der Waals surface area contributed by atoms with Crippen molar-refractivity contribution in [2.45, 2.75) is 18.7 Å². The first kappa shape index (κ1) is 20.6. The minimum atomic E-state index is -3.88. The van der Waals surface area contributed by atoms with Gasteiger partial charge in [0.2, 0.25) is 0 Å². The van der Waals surface area contributed by atoms with Crippen LogP contribution >= 0.6 is 0 Å². The van der Waals surface area contributed by atoms with Crippen molar-refractivity contribution in [2.24, 2.45) is 0 Å². The third-order valence-corrected chi connectivity index (χ3v) is 6.25. The van der Waals surface area contributed by atoms with Crippen LogP contribution in [-0.4, -0.2) is 25.5 Å². The second-order valence-corrected chi connectivity index (χ2v) is 8.79. The molecule has 0 fully saturated rings. The number of sulfonamides is 1. The number of hydrogen-bond donors (Lipinski definition) is 2. The van der Waals surface area contributed by atoms with E-state index in [1.165, 1.54) is 0 Å². The Kier molecular flexibility index (Phi) is 5.48. The van der Waals surface area contributed by atoms with Crippen molar-refractivity contribution in [1.82, 2.24) is 9.97 Å². The second kappa shape index (κ2) is 8.23. The molecule has 4 rings (SSSR count). The van der Waals surface area contributed by atoms with Gasteiger partial charge >= 0.3 is 0 Å². The van der Waals surface area contributed by atoms with Gasteiger partial charge in [-0.05, 0) is 55.3 Å². The molecular formula is C23H22N4O3S. The van der Waals surface area contributed by atoms with Crippen molar-refractivity contribution in [3.05, 3.63) is 77.9 Å². The van der Waals surface area contributed by atoms with Crippen molar-refractivity contribution >= 4 is 38.4 Å². The molecule has 31 heavy (non-hydrogen) atoms. The van der Waals surface area contributed by atoms with Gasteiger partial charge in [0.15, 0.2) is 11.6 Å².